The molecule has 0 aromatic carbocycles. The first-order valence-corrected chi connectivity index (χ1v) is 5.49. The van der Waals surface area contributed by atoms with E-state index >= 15 is 0 Å². The van der Waals surface area contributed by atoms with Gasteiger partial charge in [0.05, 0.1) is 10.6 Å². The molecule has 2 rings (SSSR count). The molecule has 2 aromatic heterocycles. The van der Waals surface area contributed by atoms with E-state index in [0.717, 1.165) is 4.88 Å². The third kappa shape index (κ3) is 2.01. The average Bonchev–Trinajstić information content (AvgIpc) is 2.80. The van der Waals surface area contributed by atoms with Crippen molar-refractivity contribution >= 4 is 23.2 Å². The summed E-state index contributed by atoms with van der Waals surface area (Å²) in [5.41, 5.74) is 6.50. The lowest BCUT2D eigenvalue weighted by Crippen LogP contribution is -2.20. The van der Waals surface area contributed by atoms with Crippen LogP contribution in [0.1, 0.15) is 10.5 Å². The molecule has 0 radical (unpaired) electrons. The Bertz CT molecular complexity index is 510. The molecule has 0 saturated carbocycles. The average molecular weight is 234 g/mol. The van der Waals surface area contributed by atoms with E-state index in [4.69, 9.17) is 5.73 Å². The van der Waals surface area contributed by atoms with Crippen molar-refractivity contribution in [3.63, 3.8) is 0 Å². The van der Waals surface area contributed by atoms with Gasteiger partial charge in [0.1, 0.15) is 5.69 Å². The number of hydrogen-bond donors (Lipinski definition) is 2. The largest absolute Gasteiger partial charge is 0.368 e. The summed E-state index contributed by atoms with van der Waals surface area (Å²) in [4.78, 5) is 20.4. The Morgan fingerprint density at radius 3 is 2.94 bits per heavy atom. The summed E-state index contributed by atoms with van der Waals surface area (Å²) in [5.74, 6) is -0.170. The molecule has 82 valence electrons. The number of amides is 1. The number of nitrogens with one attached hydrogen (secondary N) is 1. The van der Waals surface area contributed by atoms with E-state index < -0.39 is 0 Å². The Balaban J connectivity index is 2.48. The van der Waals surface area contributed by atoms with Crippen LogP contribution in [0.2, 0.25) is 0 Å². The minimum absolute atomic E-state index is 0.101. The fourth-order valence-electron chi connectivity index (χ4n) is 1.26. The summed E-state index contributed by atoms with van der Waals surface area (Å²) < 4.78 is 0. The first-order valence-electron chi connectivity index (χ1n) is 4.61. The maximum absolute atomic E-state index is 11.4. The Morgan fingerprint density at radius 2 is 2.31 bits per heavy atom. The first kappa shape index (κ1) is 10.6. The zero-order chi connectivity index (χ0) is 11.5. The molecule has 16 heavy (non-hydrogen) atoms. The highest BCUT2D eigenvalue weighted by atomic mass is 32.1. The second-order valence-electron chi connectivity index (χ2n) is 3.05. The molecule has 0 saturated heterocycles. The summed E-state index contributed by atoms with van der Waals surface area (Å²) in [6, 6.07) is 5.46. The molecule has 1 amide bonds. The lowest BCUT2D eigenvalue weighted by molar-refractivity contribution is 0.0958. The predicted molar refractivity (Wildman–Crippen MR) is 63.1 cm³/mol. The van der Waals surface area contributed by atoms with Crippen molar-refractivity contribution in [1.29, 1.82) is 0 Å². The standard InChI is InChI=1S/C10H10N4OS/c1-12-9(15)7-5-6(13-10(11)14-7)8-3-2-4-16-8/h2-5H,1H3,(H,12,15)(H2,11,13,14). The van der Waals surface area contributed by atoms with Gasteiger partial charge in [-0.25, -0.2) is 9.97 Å². The molecule has 3 N–H and O–H groups in total. The van der Waals surface area contributed by atoms with Gasteiger partial charge in [0, 0.05) is 7.05 Å². The van der Waals surface area contributed by atoms with Gasteiger partial charge in [0.2, 0.25) is 5.95 Å². The Labute approximate surface area is 96.3 Å². The Kier molecular flexibility index (Phi) is 2.82. The molecule has 2 heterocycles. The summed E-state index contributed by atoms with van der Waals surface area (Å²) >= 11 is 1.54. The number of anilines is 1. The van der Waals surface area contributed by atoms with Gasteiger partial charge >= 0.3 is 0 Å². The molecule has 0 aliphatic heterocycles. The van der Waals surface area contributed by atoms with Gasteiger partial charge in [-0.1, -0.05) is 6.07 Å². The number of carbonyl (C=O) groups is 1. The highest BCUT2D eigenvalue weighted by Crippen LogP contribution is 2.23. The van der Waals surface area contributed by atoms with Crippen molar-refractivity contribution in [2.45, 2.75) is 0 Å². The molecule has 0 fully saturated rings. The summed E-state index contributed by atoms with van der Waals surface area (Å²) in [7, 11) is 1.55. The van der Waals surface area contributed by atoms with Crippen LogP contribution < -0.4 is 11.1 Å². The van der Waals surface area contributed by atoms with Crippen molar-refractivity contribution in [2.24, 2.45) is 0 Å². The summed E-state index contributed by atoms with van der Waals surface area (Å²) in [6.07, 6.45) is 0. The molecule has 5 nitrogen and oxygen atoms in total. The lowest BCUT2D eigenvalue weighted by atomic mass is 10.2. The minimum Gasteiger partial charge on any atom is -0.368 e. The van der Waals surface area contributed by atoms with E-state index in [1.54, 1.807) is 13.1 Å². The number of nitrogen functional groups attached to an aromatic ring is 1. The van der Waals surface area contributed by atoms with Crippen LogP contribution in [0, 0.1) is 0 Å². The molecule has 0 unspecified atom stereocenters. The van der Waals surface area contributed by atoms with Gasteiger partial charge in [0.25, 0.3) is 5.91 Å². The minimum atomic E-state index is -0.271. The SMILES string of the molecule is CNC(=O)c1cc(-c2cccs2)nc(N)n1. The van der Waals surface area contributed by atoms with Crippen LogP contribution in [0.15, 0.2) is 23.6 Å². The second-order valence-corrected chi connectivity index (χ2v) is 4.00. The zero-order valence-electron chi connectivity index (χ0n) is 8.60. The van der Waals surface area contributed by atoms with Gasteiger partial charge in [0.15, 0.2) is 0 Å². The van der Waals surface area contributed by atoms with E-state index in [1.807, 2.05) is 17.5 Å². The van der Waals surface area contributed by atoms with Crippen molar-refractivity contribution in [3.05, 3.63) is 29.3 Å². The molecule has 2 aromatic rings. The van der Waals surface area contributed by atoms with E-state index in [1.165, 1.54) is 11.3 Å². The zero-order valence-corrected chi connectivity index (χ0v) is 9.41. The highest BCUT2D eigenvalue weighted by molar-refractivity contribution is 7.13. The van der Waals surface area contributed by atoms with Crippen molar-refractivity contribution in [3.8, 4) is 10.6 Å². The van der Waals surface area contributed by atoms with E-state index in [-0.39, 0.29) is 17.5 Å². The van der Waals surface area contributed by atoms with E-state index in [9.17, 15) is 4.79 Å². The number of nitrogens with two attached hydrogens (primary N) is 1. The van der Waals surface area contributed by atoms with Crippen LogP contribution in [0.4, 0.5) is 5.95 Å². The Morgan fingerprint density at radius 1 is 1.50 bits per heavy atom. The third-order valence-corrected chi connectivity index (χ3v) is 2.87. The van der Waals surface area contributed by atoms with Crippen LogP contribution >= 0.6 is 11.3 Å². The van der Waals surface area contributed by atoms with Crippen LogP contribution in [0.5, 0.6) is 0 Å². The van der Waals surface area contributed by atoms with Gasteiger partial charge < -0.3 is 11.1 Å². The normalized spacial score (nSPS) is 10.1. The lowest BCUT2D eigenvalue weighted by Gasteiger charge is -2.03. The smallest absolute Gasteiger partial charge is 0.269 e. The van der Waals surface area contributed by atoms with Crippen molar-refractivity contribution in [2.75, 3.05) is 12.8 Å². The fourth-order valence-corrected chi connectivity index (χ4v) is 1.95. The maximum Gasteiger partial charge on any atom is 0.269 e. The molecule has 6 heteroatoms. The molecular weight excluding hydrogens is 224 g/mol. The predicted octanol–water partition coefficient (Wildman–Crippen LogP) is 1.15. The molecule has 0 bridgehead atoms. The van der Waals surface area contributed by atoms with Crippen LogP contribution in [0.3, 0.4) is 0 Å². The van der Waals surface area contributed by atoms with Crippen molar-refractivity contribution < 1.29 is 4.79 Å². The first-order chi connectivity index (χ1) is 7.70. The molecule has 0 aliphatic rings. The Hall–Kier alpha value is -1.95. The van der Waals surface area contributed by atoms with Crippen LogP contribution in [-0.4, -0.2) is 22.9 Å². The van der Waals surface area contributed by atoms with Crippen molar-refractivity contribution in [1.82, 2.24) is 15.3 Å². The number of thiophene rings is 1. The molecule has 0 aliphatic carbocycles. The number of hydrogen-bond acceptors (Lipinski definition) is 5. The quantitative estimate of drug-likeness (QED) is 0.816. The molecule has 0 atom stereocenters. The van der Waals surface area contributed by atoms with Crippen LogP contribution in [-0.2, 0) is 0 Å². The van der Waals surface area contributed by atoms with Gasteiger partial charge in [-0.05, 0) is 17.5 Å². The van der Waals surface area contributed by atoms with Gasteiger partial charge in [-0.15, -0.1) is 11.3 Å². The third-order valence-electron chi connectivity index (χ3n) is 1.98. The summed E-state index contributed by atoms with van der Waals surface area (Å²) in [5, 5.41) is 4.44. The number of nitrogens with zero attached hydrogens (tertiary/aromatic N) is 2. The number of aromatic nitrogens is 2. The van der Waals surface area contributed by atoms with Gasteiger partial charge in [-0.3, -0.25) is 4.79 Å². The molecule has 0 spiro atoms. The number of carbonyl (C=O) groups excluding carboxylic acids is 1. The van der Waals surface area contributed by atoms with E-state index in [2.05, 4.69) is 15.3 Å². The second kappa shape index (κ2) is 4.28. The fraction of sp³-hybridized carbons (Fsp3) is 0.100. The van der Waals surface area contributed by atoms with Gasteiger partial charge in [-0.2, -0.15) is 0 Å². The monoisotopic (exact) mass is 234 g/mol. The van der Waals surface area contributed by atoms with E-state index in [0.29, 0.717) is 5.69 Å². The summed E-state index contributed by atoms with van der Waals surface area (Å²) in [6.45, 7) is 0. The topological polar surface area (TPSA) is 80.9 Å². The maximum atomic E-state index is 11.4. The highest BCUT2D eigenvalue weighted by Gasteiger charge is 2.10. The molecular formula is C10H10N4OS. The number of rotatable bonds is 2. The van der Waals surface area contributed by atoms with Crippen LogP contribution in [0.25, 0.3) is 10.6 Å².